The molecule has 110 valence electrons. The van der Waals surface area contributed by atoms with Crippen LogP contribution in [0, 0.1) is 12.7 Å². The summed E-state index contributed by atoms with van der Waals surface area (Å²) in [5.74, 6) is -0.541. The maximum Gasteiger partial charge on any atom is 0.234 e. The molecule has 0 saturated carbocycles. The van der Waals surface area contributed by atoms with Gasteiger partial charge in [-0.25, -0.2) is 4.39 Å². The van der Waals surface area contributed by atoms with E-state index in [9.17, 15) is 9.18 Å². The first-order valence-corrected chi connectivity index (χ1v) is 7.56. The lowest BCUT2D eigenvalue weighted by molar-refractivity contribution is -0.113. The zero-order chi connectivity index (χ0) is 15.4. The molecule has 0 aliphatic carbocycles. The van der Waals surface area contributed by atoms with E-state index >= 15 is 0 Å². The van der Waals surface area contributed by atoms with E-state index in [0.29, 0.717) is 21.3 Å². The number of carbonyl (C=O) groups is 1. The van der Waals surface area contributed by atoms with E-state index in [1.807, 2.05) is 13.0 Å². The summed E-state index contributed by atoms with van der Waals surface area (Å²) in [5, 5.41) is 3.31. The van der Waals surface area contributed by atoms with Gasteiger partial charge in [-0.1, -0.05) is 17.7 Å². The summed E-state index contributed by atoms with van der Waals surface area (Å²) in [6.45, 7) is 1.87. The Morgan fingerprint density at radius 2 is 2.10 bits per heavy atom. The van der Waals surface area contributed by atoms with Crippen LogP contribution in [0.15, 0.2) is 41.3 Å². The van der Waals surface area contributed by atoms with Gasteiger partial charge in [0.15, 0.2) is 0 Å². The van der Waals surface area contributed by atoms with Crippen molar-refractivity contribution in [3.8, 4) is 0 Å². The Kier molecular flexibility index (Phi) is 5.09. The van der Waals surface area contributed by atoms with E-state index in [1.54, 1.807) is 24.3 Å². The maximum absolute atomic E-state index is 13.6. The monoisotopic (exact) mass is 324 g/mol. The fourth-order valence-electron chi connectivity index (χ4n) is 1.69. The summed E-state index contributed by atoms with van der Waals surface area (Å²) >= 11 is 7.01. The SMILES string of the molecule is Cc1ccc(Cl)cc1NC(=O)CSc1ccc(N)cc1F. The van der Waals surface area contributed by atoms with E-state index in [2.05, 4.69) is 5.32 Å². The number of aryl methyl sites for hydroxylation is 1. The minimum atomic E-state index is -0.424. The van der Waals surface area contributed by atoms with Gasteiger partial charge >= 0.3 is 0 Å². The molecule has 21 heavy (non-hydrogen) atoms. The number of benzene rings is 2. The van der Waals surface area contributed by atoms with E-state index in [1.165, 1.54) is 6.07 Å². The van der Waals surface area contributed by atoms with Gasteiger partial charge in [-0.2, -0.15) is 0 Å². The molecule has 0 bridgehead atoms. The Labute approximate surface area is 131 Å². The number of nitrogen functional groups attached to an aromatic ring is 1. The molecule has 0 atom stereocenters. The van der Waals surface area contributed by atoms with Crippen molar-refractivity contribution in [1.29, 1.82) is 0 Å². The molecule has 0 aliphatic rings. The fourth-order valence-corrected chi connectivity index (χ4v) is 2.58. The molecule has 0 unspecified atom stereocenters. The maximum atomic E-state index is 13.6. The molecule has 0 aromatic heterocycles. The summed E-state index contributed by atoms with van der Waals surface area (Å²) in [7, 11) is 0. The van der Waals surface area contributed by atoms with Gasteiger partial charge in [0.2, 0.25) is 5.91 Å². The van der Waals surface area contributed by atoms with Crippen molar-refractivity contribution in [2.24, 2.45) is 0 Å². The van der Waals surface area contributed by atoms with Crippen LogP contribution < -0.4 is 11.1 Å². The molecule has 2 aromatic carbocycles. The number of carbonyl (C=O) groups excluding carboxylic acids is 1. The molecule has 0 spiro atoms. The Morgan fingerprint density at radius 3 is 2.81 bits per heavy atom. The average molecular weight is 325 g/mol. The number of amides is 1. The third-order valence-corrected chi connectivity index (χ3v) is 4.07. The Morgan fingerprint density at radius 1 is 1.33 bits per heavy atom. The van der Waals surface area contributed by atoms with E-state index in [-0.39, 0.29) is 11.7 Å². The zero-order valence-electron chi connectivity index (χ0n) is 11.3. The van der Waals surface area contributed by atoms with Crippen LogP contribution in [0.1, 0.15) is 5.56 Å². The van der Waals surface area contributed by atoms with Crippen LogP contribution in [0.3, 0.4) is 0 Å². The predicted octanol–water partition coefficient (Wildman–Crippen LogP) is 4.10. The highest BCUT2D eigenvalue weighted by Gasteiger charge is 2.09. The second kappa shape index (κ2) is 6.83. The van der Waals surface area contributed by atoms with Crippen LogP contribution in [0.2, 0.25) is 5.02 Å². The lowest BCUT2D eigenvalue weighted by atomic mass is 10.2. The van der Waals surface area contributed by atoms with Crippen molar-refractivity contribution >= 4 is 40.6 Å². The van der Waals surface area contributed by atoms with Gasteiger partial charge < -0.3 is 11.1 Å². The molecule has 0 aliphatic heterocycles. The molecule has 0 radical (unpaired) electrons. The smallest absolute Gasteiger partial charge is 0.234 e. The molecule has 0 fully saturated rings. The normalized spacial score (nSPS) is 10.4. The molecule has 2 aromatic rings. The third-order valence-electron chi connectivity index (χ3n) is 2.79. The lowest BCUT2D eigenvalue weighted by Crippen LogP contribution is -2.14. The van der Waals surface area contributed by atoms with Gasteiger partial charge in [-0.3, -0.25) is 4.79 Å². The summed E-state index contributed by atoms with van der Waals surface area (Å²) in [4.78, 5) is 12.3. The van der Waals surface area contributed by atoms with Crippen molar-refractivity contribution < 1.29 is 9.18 Å². The number of anilines is 2. The molecular weight excluding hydrogens is 311 g/mol. The summed E-state index contributed by atoms with van der Waals surface area (Å²) < 4.78 is 13.6. The number of halogens is 2. The molecule has 6 heteroatoms. The first kappa shape index (κ1) is 15.7. The minimum absolute atomic E-state index is 0.104. The topological polar surface area (TPSA) is 55.1 Å². The molecule has 0 heterocycles. The Balaban J connectivity index is 1.97. The van der Waals surface area contributed by atoms with Crippen LogP contribution in [0.5, 0.6) is 0 Å². The predicted molar refractivity (Wildman–Crippen MR) is 86.4 cm³/mol. The van der Waals surface area contributed by atoms with Crippen molar-refractivity contribution in [3.63, 3.8) is 0 Å². The van der Waals surface area contributed by atoms with Crippen LogP contribution in [0.4, 0.5) is 15.8 Å². The molecule has 3 N–H and O–H groups in total. The Bertz CT molecular complexity index is 679. The standard InChI is InChI=1S/C15H14ClFN2OS/c1-9-2-3-10(16)6-13(9)19-15(20)8-21-14-5-4-11(18)7-12(14)17/h2-7H,8,18H2,1H3,(H,19,20). The average Bonchev–Trinajstić information content (AvgIpc) is 2.42. The molecule has 1 amide bonds. The van der Waals surface area contributed by atoms with E-state index < -0.39 is 5.82 Å². The first-order valence-electron chi connectivity index (χ1n) is 6.19. The van der Waals surface area contributed by atoms with Crippen molar-refractivity contribution in [2.45, 2.75) is 11.8 Å². The van der Waals surface area contributed by atoms with Gasteiger partial charge in [-0.15, -0.1) is 11.8 Å². The summed E-state index contributed by atoms with van der Waals surface area (Å²) in [6.07, 6.45) is 0. The third kappa shape index (κ3) is 4.37. The zero-order valence-corrected chi connectivity index (χ0v) is 12.9. The van der Waals surface area contributed by atoms with Gasteiger partial charge in [0.1, 0.15) is 5.82 Å². The second-order valence-corrected chi connectivity index (χ2v) is 5.94. The molecule has 0 saturated heterocycles. The largest absolute Gasteiger partial charge is 0.399 e. The first-order chi connectivity index (χ1) is 9.95. The van der Waals surface area contributed by atoms with Gasteiger partial charge in [0.05, 0.1) is 5.75 Å². The molecule has 2 rings (SSSR count). The van der Waals surface area contributed by atoms with Gasteiger partial charge in [0.25, 0.3) is 0 Å². The minimum Gasteiger partial charge on any atom is -0.399 e. The molecular formula is C15H14ClFN2OS. The van der Waals surface area contributed by atoms with Crippen LogP contribution >= 0.6 is 23.4 Å². The number of hydrogen-bond donors (Lipinski definition) is 2. The van der Waals surface area contributed by atoms with Crippen molar-refractivity contribution in [2.75, 3.05) is 16.8 Å². The number of nitrogens with two attached hydrogens (primary N) is 1. The molecule has 3 nitrogen and oxygen atoms in total. The van der Waals surface area contributed by atoms with Gasteiger partial charge in [0, 0.05) is 21.3 Å². The number of hydrogen-bond acceptors (Lipinski definition) is 3. The number of nitrogens with one attached hydrogen (secondary N) is 1. The summed E-state index contributed by atoms with van der Waals surface area (Å²) in [6, 6.07) is 9.66. The highest BCUT2D eigenvalue weighted by atomic mass is 35.5. The lowest BCUT2D eigenvalue weighted by Gasteiger charge is -2.09. The van der Waals surface area contributed by atoms with Crippen LogP contribution in [0.25, 0.3) is 0 Å². The highest BCUT2D eigenvalue weighted by molar-refractivity contribution is 8.00. The fraction of sp³-hybridized carbons (Fsp3) is 0.133. The second-order valence-electron chi connectivity index (χ2n) is 4.49. The van der Waals surface area contributed by atoms with Crippen molar-refractivity contribution in [1.82, 2.24) is 0 Å². The Hall–Kier alpha value is -1.72. The van der Waals surface area contributed by atoms with Gasteiger partial charge in [-0.05, 0) is 42.8 Å². The van der Waals surface area contributed by atoms with E-state index in [0.717, 1.165) is 17.3 Å². The number of rotatable bonds is 4. The number of thioether (sulfide) groups is 1. The van der Waals surface area contributed by atoms with Crippen LogP contribution in [-0.2, 0) is 4.79 Å². The van der Waals surface area contributed by atoms with Crippen LogP contribution in [-0.4, -0.2) is 11.7 Å². The van der Waals surface area contributed by atoms with Crippen molar-refractivity contribution in [3.05, 3.63) is 52.8 Å². The summed E-state index contributed by atoms with van der Waals surface area (Å²) in [5.41, 5.74) is 7.40. The quantitative estimate of drug-likeness (QED) is 0.657. The highest BCUT2D eigenvalue weighted by Crippen LogP contribution is 2.24. The van der Waals surface area contributed by atoms with E-state index in [4.69, 9.17) is 17.3 Å².